The van der Waals surface area contributed by atoms with Gasteiger partial charge in [0.1, 0.15) is 0 Å². The van der Waals surface area contributed by atoms with Crippen LogP contribution in [-0.2, 0) is 0 Å². The zero-order valence-electron chi connectivity index (χ0n) is 7.03. The molecule has 0 amide bonds. The van der Waals surface area contributed by atoms with Gasteiger partial charge in [-0.2, -0.15) is 5.21 Å². The van der Waals surface area contributed by atoms with Crippen LogP contribution in [-0.4, -0.2) is 20.2 Å². The van der Waals surface area contributed by atoms with Gasteiger partial charge in [0.05, 0.1) is 6.04 Å². The summed E-state index contributed by atoms with van der Waals surface area (Å²) >= 11 is 5.01. The van der Waals surface area contributed by atoms with E-state index in [0.29, 0.717) is 10.8 Å². The fourth-order valence-electron chi connectivity index (χ4n) is 1.60. The molecule has 1 saturated carbocycles. The summed E-state index contributed by atoms with van der Waals surface area (Å²) in [5.41, 5.74) is 0. The second kappa shape index (κ2) is 2.97. The summed E-state index contributed by atoms with van der Waals surface area (Å²) in [7, 11) is 0. The van der Waals surface area contributed by atoms with Crippen molar-refractivity contribution in [1.82, 2.24) is 20.2 Å². The molecule has 1 fully saturated rings. The summed E-state index contributed by atoms with van der Waals surface area (Å²) in [6.45, 7) is 2.17. The second-order valence-electron chi connectivity index (χ2n) is 3.38. The Morgan fingerprint density at radius 1 is 1.67 bits per heavy atom. The summed E-state index contributed by atoms with van der Waals surface area (Å²) in [5.74, 6) is 0.763. The molecule has 5 heteroatoms. The minimum absolute atomic E-state index is 0.432. The topological polar surface area (TPSA) is 46.5 Å². The minimum atomic E-state index is 0.432. The number of hydrogen-bond donors (Lipinski definition) is 1. The third-order valence-corrected chi connectivity index (χ3v) is 3.01. The van der Waals surface area contributed by atoms with Gasteiger partial charge in [0, 0.05) is 0 Å². The molecule has 0 saturated heterocycles. The van der Waals surface area contributed by atoms with E-state index in [1.54, 1.807) is 0 Å². The zero-order valence-corrected chi connectivity index (χ0v) is 7.84. The molecule has 0 bridgehead atoms. The Labute approximate surface area is 76.0 Å². The molecule has 4 nitrogen and oxygen atoms in total. The van der Waals surface area contributed by atoms with Crippen molar-refractivity contribution in [2.45, 2.75) is 32.2 Å². The lowest BCUT2D eigenvalue weighted by atomic mass is 9.80. The lowest BCUT2D eigenvalue weighted by Crippen LogP contribution is -2.23. The van der Waals surface area contributed by atoms with Crippen molar-refractivity contribution in [3.8, 4) is 0 Å². The highest BCUT2D eigenvalue weighted by Crippen LogP contribution is 2.35. The summed E-state index contributed by atoms with van der Waals surface area (Å²) < 4.78 is 2.44. The number of rotatable bonds is 2. The molecule has 12 heavy (non-hydrogen) atoms. The van der Waals surface area contributed by atoms with Crippen LogP contribution in [0.2, 0.25) is 0 Å². The molecule has 1 heterocycles. The van der Waals surface area contributed by atoms with E-state index < -0.39 is 0 Å². The normalized spacial score (nSPS) is 20.4. The molecule has 1 unspecified atom stereocenters. The largest absolute Gasteiger partial charge is 0.239 e. The van der Waals surface area contributed by atoms with Crippen LogP contribution in [0.4, 0.5) is 0 Å². The van der Waals surface area contributed by atoms with Crippen molar-refractivity contribution in [1.29, 1.82) is 0 Å². The summed E-state index contributed by atoms with van der Waals surface area (Å²) in [5, 5.41) is 10.2. The number of tetrazole rings is 1. The van der Waals surface area contributed by atoms with Crippen molar-refractivity contribution in [3.63, 3.8) is 0 Å². The van der Waals surface area contributed by atoms with Crippen molar-refractivity contribution in [2.24, 2.45) is 5.92 Å². The van der Waals surface area contributed by atoms with Gasteiger partial charge in [-0.15, -0.1) is 0 Å². The predicted molar refractivity (Wildman–Crippen MR) is 47.3 cm³/mol. The van der Waals surface area contributed by atoms with Crippen molar-refractivity contribution >= 4 is 12.2 Å². The number of nitrogens with zero attached hydrogens (tertiary/aromatic N) is 3. The molecule has 0 aliphatic heterocycles. The van der Waals surface area contributed by atoms with Gasteiger partial charge in [0.15, 0.2) is 0 Å². The second-order valence-corrected chi connectivity index (χ2v) is 3.75. The third kappa shape index (κ3) is 1.18. The Bertz CT molecular complexity index is 311. The highest BCUT2D eigenvalue weighted by atomic mass is 32.1. The minimum Gasteiger partial charge on any atom is -0.239 e. The fraction of sp³-hybridized carbons (Fsp3) is 0.857. The summed E-state index contributed by atoms with van der Waals surface area (Å²) in [4.78, 5) is 0. The van der Waals surface area contributed by atoms with Gasteiger partial charge in [0.25, 0.3) is 0 Å². The lowest BCUT2D eigenvalue weighted by Gasteiger charge is -2.31. The van der Waals surface area contributed by atoms with Gasteiger partial charge >= 0.3 is 0 Å². The van der Waals surface area contributed by atoms with Crippen LogP contribution < -0.4 is 0 Å². The first-order valence-corrected chi connectivity index (χ1v) is 4.69. The first-order valence-electron chi connectivity index (χ1n) is 4.28. The maximum absolute atomic E-state index is 5.01. The maximum Gasteiger partial charge on any atom is 0.238 e. The molecule has 0 radical (unpaired) electrons. The van der Waals surface area contributed by atoms with E-state index in [-0.39, 0.29) is 0 Å². The lowest BCUT2D eigenvalue weighted by molar-refractivity contribution is 0.207. The van der Waals surface area contributed by atoms with Gasteiger partial charge in [0.2, 0.25) is 4.77 Å². The Kier molecular flexibility index (Phi) is 1.96. The molecule has 0 spiro atoms. The van der Waals surface area contributed by atoms with Crippen LogP contribution in [0.25, 0.3) is 0 Å². The van der Waals surface area contributed by atoms with Crippen LogP contribution >= 0.6 is 12.2 Å². The molecular weight excluding hydrogens is 172 g/mol. The SMILES string of the molecule is CC(C1CCC1)n1[nH]nnc1=S. The number of aromatic nitrogens is 4. The quantitative estimate of drug-likeness (QED) is 0.711. The van der Waals surface area contributed by atoms with Crippen LogP contribution in [0.15, 0.2) is 0 Å². The Balaban J connectivity index is 2.18. The molecule has 1 aromatic heterocycles. The number of hydrogen-bond acceptors (Lipinski definition) is 3. The molecule has 1 aliphatic rings. The molecule has 66 valence electrons. The van der Waals surface area contributed by atoms with Gasteiger partial charge in [-0.3, -0.25) is 0 Å². The van der Waals surface area contributed by atoms with E-state index in [1.165, 1.54) is 19.3 Å². The highest BCUT2D eigenvalue weighted by molar-refractivity contribution is 7.71. The van der Waals surface area contributed by atoms with E-state index in [0.717, 1.165) is 5.92 Å². The number of nitrogens with one attached hydrogen (secondary N) is 1. The molecule has 1 atom stereocenters. The van der Waals surface area contributed by atoms with E-state index in [2.05, 4.69) is 22.4 Å². The van der Waals surface area contributed by atoms with Crippen LogP contribution in [0, 0.1) is 10.7 Å². The zero-order chi connectivity index (χ0) is 8.55. The molecule has 1 N–H and O–H groups in total. The van der Waals surface area contributed by atoms with Crippen molar-refractivity contribution in [2.75, 3.05) is 0 Å². The number of aromatic amines is 1. The average molecular weight is 184 g/mol. The van der Waals surface area contributed by atoms with E-state index in [1.807, 2.05) is 4.68 Å². The van der Waals surface area contributed by atoms with Gasteiger partial charge < -0.3 is 0 Å². The Morgan fingerprint density at radius 3 is 2.83 bits per heavy atom. The summed E-state index contributed by atoms with van der Waals surface area (Å²) in [6, 6.07) is 0.432. The molecular formula is C7H12N4S. The third-order valence-electron chi connectivity index (χ3n) is 2.73. The average Bonchev–Trinajstić information content (AvgIpc) is 2.31. The number of H-pyrrole nitrogens is 1. The molecule has 2 rings (SSSR count). The summed E-state index contributed by atoms with van der Waals surface area (Å²) in [6.07, 6.45) is 3.97. The van der Waals surface area contributed by atoms with Crippen LogP contribution in [0.1, 0.15) is 32.2 Å². The molecule has 1 aromatic rings. The van der Waals surface area contributed by atoms with E-state index in [9.17, 15) is 0 Å². The maximum atomic E-state index is 5.01. The van der Waals surface area contributed by atoms with Crippen LogP contribution in [0.5, 0.6) is 0 Å². The highest BCUT2D eigenvalue weighted by Gasteiger charge is 2.25. The van der Waals surface area contributed by atoms with Gasteiger partial charge in [-0.1, -0.05) is 16.7 Å². The predicted octanol–water partition coefficient (Wildman–Crippen LogP) is 1.70. The standard InChI is InChI=1S/C7H12N4S/c1-5(6-3-2-4-6)11-7(12)8-9-10-11/h5-6H,2-4H2,1H3,(H,8,10,12). The van der Waals surface area contributed by atoms with E-state index in [4.69, 9.17) is 12.2 Å². The fourth-order valence-corrected chi connectivity index (χ4v) is 1.85. The van der Waals surface area contributed by atoms with Gasteiger partial charge in [-0.05, 0) is 37.9 Å². The smallest absolute Gasteiger partial charge is 0.238 e. The van der Waals surface area contributed by atoms with E-state index >= 15 is 0 Å². The first-order chi connectivity index (χ1) is 5.79. The van der Waals surface area contributed by atoms with Crippen LogP contribution in [0.3, 0.4) is 0 Å². The monoisotopic (exact) mass is 184 g/mol. The molecule has 0 aromatic carbocycles. The Hall–Kier alpha value is -0.710. The molecule has 1 aliphatic carbocycles. The first kappa shape index (κ1) is 7.91. The Morgan fingerprint density at radius 2 is 2.42 bits per heavy atom. The van der Waals surface area contributed by atoms with Gasteiger partial charge in [-0.25, -0.2) is 4.68 Å². The van der Waals surface area contributed by atoms with Crippen molar-refractivity contribution in [3.05, 3.63) is 4.77 Å². The van der Waals surface area contributed by atoms with Crippen molar-refractivity contribution < 1.29 is 0 Å².